The summed E-state index contributed by atoms with van der Waals surface area (Å²) in [5.74, 6) is 1.09. The SMILES string of the molecule is CCn1ccnc1C1CCCCN1C(=O)c1sc(N(C)C)nc1C. The summed E-state index contributed by atoms with van der Waals surface area (Å²) in [5.41, 5.74) is 0.817. The first-order chi connectivity index (χ1) is 11.5. The number of carbonyl (C=O) groups is 1. The lowest BCUT2D eigenvalue weighted by Crippen LogP contribution is -2.39. The molecule has 0 saturated carbocycles. The third kappa shape index (κ3) is 3.05. The van der Waals surface area contributed by atoms with E-state index in [4.69, 9.17) is 0 Å². The van der Waals surface area contributed by atoms with E-state index in [1.54, 1.807) is 0 Å². The highest BCUT2D eigenvalue weighted by atomic mass is 32.1. The van der Waals surface area contributed by atoms with Crippen molar-refractivity contribution in [2.75, 3.05) is 25.5 Å². The number of carbonyl (C=O) groups excluding carboxylic acids is 1. The lowest BCUT2D eigenvalue weighted by Gasteiger charge is -2.35. The van der Waals surface area contributed by atoms with Crippen molar-refractivity contribution < 1.29 is 4.79 Å². The number of aromatic nitrogens is 3. The maximum absolute atomic E-state index is 13.2. The molecule has 0 aliphatic carbocycles. The summed E-state index contributed by atoms with van der Waals surface area (Å²) < 4.78 is 2.14. The fourth-order valence-corrected chi connectivity index (χ4v) is 4.18. The van der Waals surface area contributed by atoms with Crippen LogP contribution in [0, 0.1) is 6.92 Å². The maximum atomic E-state index is 13.2. The number of rotatable bonds is 4. The number of likely N-dealkylation sites (tertiary alicyclic amines) is 1. The largest absolute Gasteiger partial charge is 0.354 e. The van der Waals surface area contributed by atoms with E-state index in [0.29, 0.717) is 0 Å². The predicted octanol–water partition coefficient (Wildman–Crippen LogP) is 3.10. The summed E-state index contributed by atoms with van der Waals surface area (Å²) in [6.07, 6.45) is 6.98. The quantitative estimate of drug-likeness (QED) is 0.853. The van der Waals surface area contributed by atoms with Crippen molar-refractivity contribution in [3.8, 4) is 0 Å². The van der Waals surface area contributed by atoms with Crippen molar-refractivity contribution in [1.29, 1.82) is 0 Å². The first kappa shape index (κ1) is 17.0. The minimum Gasteiger partial charge on any atom is -0.354 e. The molecule has 6 nitrogen and oxygen atoms in total. The Bertz CT molecular complexity index is 720. The number of thiazole rings is 1. The van der Waals surface area contributed by atoms with Crippen LogP contribution in [0.3, 0.4) is 0 Å². The first-order valence-electron chi connectivity index (χ1n) is 8.49. The van der Waals surface area contributed by atoms with E-state index in [9.17, 15) is 4.79 Å². The molecule has 1 unspecified atom stereocenters. The zero-order valence-electron chi connectivity index (χ0n) is 14.8. The second kappa shape index (κ2) is 6.93. The molecule has 1 amide bonds. The van der Waals surface area contributed by atoms with Gasteiger partial charge in [0.05, 0.1) is 11.7 Å². The highest BCUT2D eigenvalue weighted by Crippen LogP contribution is 2.34. The van der Waals surface area contributed by atoms with Gasteiger partial charge >= 0.3 is 0 Å². The Morgan fingerprint density at radius 1 is 1.42 bits per heavy atom. The first-order valence-corrected chi connectivity index (χ1v) is 9.31. The van der Waals surface area contributed by atoms with Crippen LogP contribution in [0.2, 0.25) is 0 Å². The molecule has 2 aromatic rings. The van der Waals surface area contributed by atoms with Gasteiger partial charge in [0, 0.05) is 39.6 Å². The van der Waals surface area contributed by atoms with Gasteiger partial charge in [-0.3, -0.25) is 4.79 Å². The fourth-order valence-electron chi connectivity index (χ4n) is 3.23. The molecular formula is C17H25N5OS. The Balaban J connectivity index is 1.92. The third-order valence-corrected chi connectivity index (χ3v) is 5.83. The molecule has 0 spiro atoms. The molecule has 0 N–H and O–H groups in total. The van der Waals surface area contributed by atoms with Crippen LogP contribution in [0.25, 0.3) is 0 Å². The van der Waals surface area contributed by atoms with E-state index in [-0.39, 0.29) is 11.9 Å². The summed E-state index contributed by atoms with van der Waals surface area (Å²) in [7, 11) is 3.91. The number of hydrogen-bond donors (Lipinski definition) is 0. The Morgan fingerprint density at radius 3 is 2.88 bits per heavy atom. The standard InChI is InChI=1S/C17H25N5OS/c1-5-21-11-9-18-15(21)13-8-6-7-10-22(13)16(23)14-12(2)19-17(24-14)20(3)4/h9,11,13H,5-8,10H2,1-4H3. The molecule has 2 aromatic heterocycles. The molecule has 0 bridgehead atoms. The molecule has 7 heteroatoms. The molecule has 1 atom stereocenters. The van der Waals surface area contributed by atoms with E-state index in [1.165, 1.54) is 11.3 Å². The van der Waals surface area contributed by atoms with Crippen LogP contribution in [-0.4, -0.2) is 46.0 Å². The lowest BCUT2D eigenvalue weighted by atomic mass is 10.0. The van der Waals surface area contributed by atoms with Crippen molar-refractivity contribution in [1.82, 2.24) is 19.4 Å². The number of aryl methyl sites for hydroxylation is 2. The fraction of sp³-hybridized carbons (Fsp3) is 0.588. The number of anilines is 1. The average molecular weight is 347 g/mol. The van der Waals surface area contributed by atoms with Gasteiger partial charge in [-0.1, -0.05) is 11.3 Å². The van der Waals surface area contributed by atoms with Crippen LogP contribution in [-0.2, 0) is 6.54 Å². The molecule has 3 heterocycles. The van der Waals surface area contributed by atoms with Crippen molar-refractivity contribution in [3.63, 3.8) is 0 Å². The Morgan fingerprint density at radius 2 is 2.21 bits per heavy atom. The van der Waals surface area contributed by atoms with Gasteiger partial charge in [0.25, 0.3) is 5.91 Å². The molecule has 0 aromatic carbocycles. The summed E-state index contributed by atoms with van der Waals surface area (Å²) in [6.45, 7) is 5.69. The Kier molecular flexibility index (Phi) is 4.89. The molecule has 24 heavy (non-hydrogen) atoms. The average Bonchev–Trinajstić information content (AvgIpc) is 3.20. The number of nitrogens with zero attached hydrogens (tertiary/aromatic N) is 5. The van der Waals surface area contributed by atoms with Gasteiger partial charge in [0.1, 0.15) is 10.7 Å². The molecule has 1 aliphatic rings. The maximum Gasteiger partial charge on any atom is 0.266 e. The lowest BCUT2D eigenvalue weighted by molar-refractivity contribution is 0.0599. The van der Waals surface area contributed by atoms with Crippen LogP contribution >= 0.6 is 11.3 Å². The van der Waals surface area contributed by atoms with Gasteiger partial charge in [-0.15, -0.1) is 0 Å². The van der Waals surface area contributed by atoms with Crippen LogP contribution < -0.4 is 4.90 Å². The minimum absolute atomic E-state index is 0.0607. The van der Waals surface area contributed by atoms with Crippen LogP contribution in [0.5, 0.6) is 0 Å². The molecule has 3 rings (SSSR count). The third-order valence-electron chi connectivity index (χ3n) is 4.51. The van der Waals surface area contributed by atoms with Crippen molar-refractivity contribution in [2.45, 2.75) is 45.7 Å². The topological polar surface area (TPSA) is 54.3 Å². The molecule has 1 fully saturated rings. The number of amides is 1. The van der Waals surface area contributed by atoms with Crippen LogP contribution in [0.15, 0.2) is 12.4 Å². The Hall–Kier alpha value is -1.89. The summed E-state index contributed by atoms with van der Waals surface area (Å²) in [4.78, 5) is 27.0. The molecular weight excluding hydrogens is 322 g/mol. The van der Waals surface area contributed by atoms with E-state index >= 15 is 0 Å². The molecule has 1 saturated heterocycles. The van der Waals surface area contributed by atoms with Gasteiger partial charge in [-0.25, -0.2) is 9.97 Å². The van der Waals surface area contributed by atoms with Gasteiger partial charge in [0.15, 0.2) is 5.13 Å². The normalized spacial score (nSPS) is 18.0. The second-order valence-electron chi connectivity index (χ2n) is 6.39. The number of imidazole rings is 1. The Labute approximate surface area is 147 Å². The zero-order valence-corrected chi connectivity index (χ0v) is 15.6. The predicted molar refractivity (Wildman–Crippen MR) is 96.7 cm³/mol. The summed E-state index contributed by atoms with van der Waals surface area (Å²) in [6, 6.07) is 0.0607. The van der Waals surface area contributed by atoms with Crippen LogP contribution in [0.4, 0.5) is 5.13 Å². The smallest absolute Gasteiger partial charge is 0.266 e. The van der Waals surface area contributed by atoms with Gasteiger partial charge in [-0.2, -0.15) is 0 Å². The van der Waals surface area contributed by atoms with Crippen molar-refractivity contribution in [2.24, 2.45) is 0 Å². The van der Waals surface area contributed by atoms with Gasteiger partial charge in [0.2, 0.25) is 0 Å². The highest BCUT2D eigenvalue weighted by Gasteiger charge is 2.33. The van der Waals surface area contributed by atoms with E-state index < -0.39 is 0 Å². The van der Waals surface area contributed by atoms with Gasteiger partial charge in [-0.05, 0) is 33.1 Å². The monoisotopic (exact) mass is 347 g/mol. The number of piperidine rings is 1. The van der Waals surface area contributed by atoms with Crippen molar-refractivity contribution in [3.05, 3.63) is 28.8 Å². The highest BCUT2D eigenvalue weighted by molar-refractivity contribution is 7.17. The summed E-state index contributed by atoms with van der Waals surface area (Å²) >= 11 is 1.47. The minimum atomic E-state index is 0.0607. The van der Waals surface area contributed by atoms with E-state index in [0.717, 1.165) is 53.9 Å². The second-order valence-corrected chi connectivity index (χ2v) is 7.36. The molecule has 130 valence electrons. The number of hydrogen-bond acceptors (Lipinski definition) is 5. The zero-order chi connectivity index (χ0) is 17.3. The molecule has 1 aliphatic heterocycles. The van der Waals surface area contributed by atoms with Gasteiger partial charge < -0.3 is 14.4 Å². The summed E-state index contributed by atoms with van der Waals surface area (Å²) in [5, 5.41) is 0.875. The van der Waals surface area contributed by atoms with E-state index in [1.807, 2.05) is 43.2 Å². The van der Waals surface area contributed by atoms with Crippen molar-refractivity contribution >= 4 is 22.4 Å². The molecule has 0 radical (unpaired) electrons. The van der Waals surface area contributed by atoms with Crippen LogP contribution in [0.1, 0.15) is 53.4 Å². The van der Waals surface area contributed by atoms with E-state index in [2.05, 4.69) is 21.5 Å².